The molecular formula is C7H10O4P+. The van der Waals surface area contributed by atoms with Crippen LogP contribution in [0.15, 0.2) is 12.2 Å². The zero-order valence-electron chi connectivity index (χ0n) is 6.99. The predicted molar refractivity (Wildman–Crippen MR) is 42.6 cm³/mol. The summed E-state index contributed by atoms with van der Waals surface area (Å²) >= 11 is 0. The zero-order valence-corrected chi connectivity index (χ0v) is 7.89. The molecule has 2 atom stereocenters. The van der Waals surface area contributed by atoms with Crippen molar-refractivity contribution in [2.24, 2.45) is 0 Å². The summed E-state index contributed by atoms with van der Waals surface area (Å²) in [5, 5.41) is 0. The van der Waals surface area contributed by atoms with Crippen molar-refractivity contribution < 1.29 is 18.6 Å². The maximum absolute atomic E-state index is 11.0. The van der Waals surface area contributed by atoms with Crippen LogP contribution in [-0.2, 0) is 18.6 Å². The fraction of sp³-hybridized carbons (Fsp3) is 0.571. The van der Waals surface area contributed by atoms with Gasteiger partial charge in [-0.2, -0.15) is 0 Å². The average molecular weight is 189 g/mol. The molecule has 0 amide bonds. The second kappa shape index (κ2) is 2.96. The van der Waals surface area contributed by atoms with E-state index < -0.39 is 19.5 Å². The van der Waals surface area contributed by atoms with Crippen LogP contribution in [0.2, 0.25) is 0 Å². The molecule has 0 aromatic heterocycles. The van der Waals surface area contributed by atoms with Gasteiger partial charge in [-0.05, 0) is 16.0 Å². The van der Waals surface area contributed by atoms with E-state index in [1.54, 1.807) is 6.92 Å². The number of ether oxygens (including phenoxy) is 1. The van der Waals surface area contributed by atoms with Gasteiger partial charge in [0.05, 0.1) is 6.42 Å². The second-order valence-electron chi connectivity index (χ2n) is 2.58. The molecule has 0 spiro atoms. The topological polar surface area (TPSA) is 55.9 Å². The highest BCUT2D eigenvalue weighted by molar-refractivity contribution is 7.47. The van der Waals surface area contributed by atoms with Gasteiger partial charge in [0.2, 0.25) is 0 Å². The van der Waals surface area contributed by atoms with Crippen LogP contribution in [-0.4, -0.2) is 11.5 Å². The van der Waals surface area contributed by atoms with Crippen molar-refractivity contribution in [3.05, 3.63) is 12.2 Å². The molecule has 66 valence electrons. The number of esters is 1. The van der Waals surface area contributed by atoms with Crippen molar-refractivity contribution >= 4 is 14.0 Å². The Morgan fingerprint density at radius 2 is 2.25 bits per heavy atom. The molecule has 1 rings (SSSR count). The van der Waals surface area contributed by atoms with Gasteiger partial charge in [-0.25, -0.2) is 4.79 Å². The minimum atomic E-state index is -1.81. The van der Waals surface area contributed by atoms with E-state index in [0.29, 0.717) is 6.42 Å². The average Bonchev–Trinajstić information content (AvgIpc) is 2.62. The van der Waals surface area contributed by atoms with Crippen LogP contribution in [0.3, 0.4) is 0 Å². The maximum Gasteiger partial charge on any atom is 0.602 e. The third-order valence-electron chi connectivity index (χ3n) is 1.52. The van der Waals surface area contributed by atoms with Crippen molar-refractivity contribution in [3.63, 3.8) is 0 Å². The first-order valence-electron chi connectivity index (χ1n) is 3.57. The molecule has 2 unspecified atom stereocenters. The molecule has 12 heavy (non-hydrogen) atoms. The van der Waals surface area contributed by atoms with Crippen LogP contribution in [0.25, 0.3) is 0 Å². The van der Waals surface area contributed by atoms with Gasteiger partial charge >= 0.3 is 19.5 Å². The fourth-order valence-corrected chi connectivity index (χ4v) is 1.56. The first-order valence-corrected chi connectivity index (χ1v) is 4.75. The molecule has 0 radical (unpaired) electrons. The lowest BCUT2D eigenvalue weighted by Crippen LogP contribution is -2.18. The molecule has 1 saturated heterocycles. The molecule has 0 saturated carbocycles. The Bertz CT molecular complexity index is 260. The minimum absolute atomic E-state index is 0.279. The third kappa shape index (κ3) is 1.54. The first kappa shape index (κ1) is 9.36. The summed E-state index contributed by atoms with van der Waals surface area (Å²) in [6, 6.07) is 0. The molecule has 1 aliphatic heterocycles. The molecule has 1 fully saturated rings. The minimum Gasteiger partial charge on any atom is -0.383 e. The maximum atomic E-state index is 11.0. The summed E-state index contributed by atoms with van der Waals surface area (Å²) in [7, 11) is -1.81. The smallest absolute Gasteiger partial charge is 0.383 e. The Hall–Kier alpha value is -0.730. The number of carbonyl (C=O) groups excluding carboxylic acids is 1. The number of hydrogen-bond donors (Lipinski definition) is 0. The highest BCUT2D eigenvalue weighted by atomic mass is 31.1. The van der Waals surface area contributed by atoms with Gasteiger partial charge in [0.1, 0.15) is 0 Å². The van der Waals surface area contributed by atoms with Crippen LogP contribution in [0.1, 0.15) is 20.3 Å². The van der Waals surface area contributed by atoms with Gasteiger partial charge < -0.3 is 4.74 Å². The van der Waals surface area contributed by atoms with Gasteiger partial charge in [0.25, 0.3) is 0 Å². The van der Waals surface area contributed by atoms with Crippen molar-refractivity contribution in [2.75, 3.05) is 0 Å². The zero-order chi connectivity index (χ0) is 9.35. The Balaban J connectivity index is 2.57. The quantitative estimate of drug-likeness (QED) is 0.294. The fourth-order valence-electron chi connectivity index (χ4n) is 0.663. The van der Waals surface area contributed by atoms with Crippen LogP contribution in [0, 0.1) is 0 Å². The van der Waals surface area contributed by atoms with Crippen LogP contribution >= 0.6 is 8.03 Å². The standard InChI is InChI=1S/C7H10O4P/c1-4-7(11-12(7)9)10-6(8)5(2)3/h2,4H2,1,3H3/q+1. The summed E-state index contributed by atoms with van der Waals surface area (Å²) in [5.74, 6) is -0.558. The number of carbonyl (C=O) groups is 1. The highest BCUT2D eigenvalue weighted by Gasteiger charge is 2.78. The largest absolute Gasteiger partial charge is 0.602 e. The van der Waals surface area contributed by atoms with E-state index in [9.17, 15) is 9.36 Å². The van der Waals surface area contributed by atoms with Gasteiger partial charge in [0.15, 0.2) is 0 Å². The SMILES string of the molecule is C=C(C)C(=O)OC1(CC)O[P+]1=O. The molecule has 5 heteroatoms. The lowest BCUT2D eigenvalue weighted by molar-refractivity contribution is -0.153. The summed E-state index contributed by atoms with van der Waals surface area (Å²) < 4.78 is 20.3. The van der Waals surface area contributed by atoms with Gasteiger partial charge in [-0.3, -0.25) is 0 Å². The van der Waals surface area contributed by atoms with Crippen molar-refractivity contribution in [1.29, 1.82) is 0 Å². The van der Waals surface area contributed by atoms with E-state index in [2.05, 4.69) is 6.58 Å². The molecule has 1 heterocycles. The molecule has 0 aromatic rings. The van der Waals surface area contributed by atoms with E-state index >= 15 is 0 Å². The number of rotatable bonds is 3. The molecule has 0 N–H and O–H groups in total. The number of hydrogen-bond acceptors (Lipinski definition) is 4. The Morgan fingerprint density at radius 1 is 1.75 bits per heavy atom. The Labute approximate surface area is 71.4 Å². The molecule has 0 aromatic carbocycles. The lowest BCUT2D eigenvalue weighted by Gasteiger charge is -2.00. The van der Waals surface area contributed by atoms with E-state index in [-0.39, 0.29) is 5.57 Å². The van der Waals surface area contributed by atoms with E-state index in [4.69, 9.17) is 9.26 Å². The van der Waals surface area contributed by atoms with Crippen molar-refractivity contribution in [1.82, 2.24) is 0 Å². The first-order chi connectivity index (χ1) is 5.52. The van der Waals surface area contributed by atoms with E-state index in [1.807, 2.05) is 0 Å². The normalized spacial score (nSPS) is 29.7. The highest BCUT2D eigenvalue weighted by Crippen LogP contribution is 2.63. The summed E-state index contributed by atoms with van der Waals surface area (Å²) in [6.45, 7) is 6.67. The molecule has 0 aliphatic carbocycles. The van der Waals surface area contributed by atoms with Crippen LogP contribution in [0.4, 0.5) is 0 Å². The van der Waals surface area contributed by atoms with Crippen molar-refractivity contribution in [3.8, 4) is 0 Å². The second-order valence-corrected chi connectivity index (χ2v) is 3.96. The third-order valence-corrected chi connectivity index (χ3v) is 2.87. The summed E-state index contributed by atoms with van der Waals surface area (Å²) in [5.41, 5.74) is -0.868. The lowest BCUT2D eigenvalue weighted by atomic mass is 10.3. The van der Waals surface area contributed by atoms with Gasteiger partial charge in [0, 0.05) is 5.57 Å². The summed E-state index contributed by atoms with van der Waals surface area (Å²) in [6.07, 6.45) is 0.404. The van der Waals surface area contributed by atoms with E-state index in [1.165, 1.54) is 6.92 Å². The van der Waals surface area contributed by atoms with Gasteiger partial charge in [-0.15, -0.1) is 0 Å². The molecule has 4 nitrogen and oxygen atoms in total. The predicted octanol–water partition coefficient (Wildman–Crippen LogP) is 1.94. The summed E-state index contributed by atoms with van der Waals surface area (Å²) in [4.78, 5) is 11.0. The Kier molecular flexibility index (Phi) is 2.31. The van der Waals surface area contributed by atoms with Crippen LogP contribution in [0.5, 0.6) is 0 Å². The van der Waals surface area contributed by atoms with Crippen molar-refractivity contribution in [2.45, 2.75) is 25.8 Å². The molecular weight excluding hydrogens is 179 g/mol. The molecule has 1 aliphatic rings. The monoisotopic (exact) mass is 189 g/mol. The Morgan fingerprint density at radius 3 is 2.50 bits per heavy atom. The van der Waals surface area contributed by atoms with Crippen LogP contribution < -0.4 is 0 Å². The molecule has 0 bridgehead atoms. The van der Waals surface area contributed by atoms with E-state index in [0.717, 1.165) is 0 Å². The van der Waals surface area contributed by atoms with Gasteiger partial charge in [-0.1, -0.05) is 13.5 Å².